The van der Waals surface area contributed by atoms with Crippen molar-refractivity contribution >= 4 is 6.09 Å². The Balaban J connectivity index is 1.43. The number of hydrogen-bond acceptors (Lipinski definition) is 3. The molecule has 0 radical (unpaired) electrons. The van der Waals surface area contributed by atoms with E-state index in [1.54, 1.807) is 0 Å². The molecule has 6 rings (SSSR count). The average molecular weight is 362 g/mol. The van der Waals surface area contributed by atoms with Crippen LogP contribution >= 0.6 is 0 Å². The Kier molecular flexibility index (Phi) is 4.36. The Morgan fingerprint density at radius 2 is 1.67 bits per heavy atom. The number of nitrogens with zero attached hydrogens (tertiary/aromatic N) is 2. The summed E-state index contributed by atoms with van der Waals surface area (Å²) in [5.74, 6) is 0.534. The normalized spacial score (nSPS) is 29.3. The quantitative estimate of drug-likeness (QED) is 0.813. The highest BCUT2D eigenvalue weighted by molar-refractivity contribution is 5.70. The summed E-state index contributed by atoms with van der Waals surface area (Å²) in [6.07, 6.45) is 3.09. The Hall–Kier alpha value is -2.33. The van der Waals surface area contributed by atoms with Crippen molar-refractivity contribution in [3.8, 4) is 0 Å². The van der Waals surface area contributed by atoms with Crippen LogP contribution in [0.25, 0.3) is 0 Å². The maximum atomic E-state index is 13.2. The first-order chi connectivity index (χ1) is 13.3. The highest BCUT2D eigenvalue weighted by Gasteiger charge is 2.39. The van der Waals surface area contributed by atoms with Crippen LogP contribution in [-0.4, -0.2) is 48.2 Å². The van der Waals surface area contributed by atoms with Crippen LogP contribution in [0.3, 0.4) is 0 Å². The van der Waals surface area contributed by atoms with Crippen molar-refractivity contribution in [2.75, 3.05) is 26.2 Å². The zero-order valence-electron chi connectivity index (χ0n) is 15.6. The summed E-state index contributed by atoms with van der Waals surface area (Å²) in [5, 5.41) is 0. The lowest BCUT2D eigenvalue weighted by Crippen LogP contribution is -2.53. The number of benzene rings is 2. The fourth-order valence-corrected chi connectivity index (χ4v) is 5.00. The zero-order chi connectivity index (χ0) is 18.2. The van der Waals surface area contributed by atoms with E-state index in [9.17, 15) is 4.79 Å². The Bertz CT molecular complexity index is 814. The summed E-state index contributed by atoms with van der Waals surface area (Å²) in [6, 6.07) is 18.8. The summed E-state index contributed by atoms with van der Waals surface area (Å²) >= 11 is 0. The van der Waals surface area contributed by atoms with Crippen molar-refractivity contribution in [3.63, 3.8) is 0 Å². The van der Waals surface area contributed by atoms with Gasteiger partial charge in [0.2, 0.25) is 0 Å². The zero-order valence-corrected chi connectivity index (χ0v) is 15.6. The smallest absolute Gasteiger partial charge is 0.410 e. The fourth-order valence-electron chi connectivity index (χ4n) is 5.00. The number of piperidine rings is 3. The second kappa shape index (κ2) is 7.01. The van der Waals surface area contributed by atoms with Gasteiger partial charge in [0, 0.05) is 13.1 Å². The van der Waals surface area contributed by atoms with Crippen LogP contribution in [0.1, 0.15) is 35.6 Å². The molecule has 2 aromatic carbocycles. The molecule has 4 aliphatic rings. The monoisotopic (exact) mass is 362 g/mol. The molecule has 27 heavy (non-hydrogen) atoms. The van der Waals surface area contributed by atoms with Crippen LogP contribution < -0.4 is 0 Å². The van der Waals surface area contributed by atoms with Crippen LogP contribution in [0.4, 0.5) is 4.79 Å². The van der Waals surface area contributed by atoms with Gasteiger partial charge in [-0.25, -0.2) is 4.79 Å². The van der Waals surface area contributed by atoms with Gasteiger partial charge >= 0.3 is 6.09 Å². The number of fused-ring (bicyclic) bond motifs is 4. The molecule has 0 spiro atoms. The molecule has 4 nitrogen and oxygen atoms in total. The standard InChI is InChI=1S/C23H26N2O2/c26-23(27-21-16-24-13-10-18(21)11-14-24)25-15-12-17-6-4-5-9-20(17)22(25)19-7-2-1-3-8-19/h1-9,18,21-22H,10-16H2/t21-,22?/m1/s1. The molecule has 3 fully saturated rings. The highest BCUT2D eigenvalue weighted by Crippen LogP contribution is 2.36. The maximum absolute atomic E-state index is 13.2. The minimum absolute atomic E-state index is 0.0496. The van der Waals surface area contributed by atoms with Gasteiger partial charge in [-0.2, -0.15) is 0 Å². The van der Waals surface area contributed by atoms with Crippen molar-refractivity contribution in [1.29, 1.82) is 0 Å². The fraction of sp³-hybridized carbons (Fsp3) is 0.435. The maximum Gasteiger partial charge on any atom is 0.410 e. The predicted octanol–water partition coefficient (Wildman–Crippen LogP) is 3.86. The Morgan fingerprint density at radius 1 is 0.926 bits per heavy atom. The van der Waals surface area contributed by atoms with E-state index in [1.807, 2.05) is 23.1 Å². The Morgan fingerprint density at radius 3 is 2.41 bits per heavy atom. The van der Waals surface area contributed by atoms with E-state index in [0.29, 0.717) is 12.5 Å². The van der Waals surface area contributed by atoms with Crippen LogP contribution in [0.5, 0.6) is 0 Å². The van der Waals surface area contributed by atoms with Gasteiger partial charge in [0.1, 0.15) is 6.10 Å². The van der Waals surface area contributed by atoms with Gasteiger partial charge in [-0.3, -0.25) is 9.80 Å². The van der Waals surface area contributed by atoms with Gasteiger partial charge in [-0.15, -0.1) is 0 Å². The molecule has 0 aromatic heterocycles. The number of carbonyl (C=O) groups excluding carboxylic acids is 1. The SMILES string of the molecule is O=C(O[C@@H]1CN2CCC1CC2)N1CCc2ccccc2C1c1ccccc1. The van der Waals surface area contributed by atoms with E-state index in [4.69, 9.17) is 4.74 Å². The van der Waals surface area contributed by atoms with Crippen LogP contribution in [0.15, 0.2) is 54.6 Å². The van der Waals surface area contributed by atoms with Gasteiger partial charge in [0.15, 0.2) is 0 Å². The number of amides is 1. The third kappa shape index (κ3) is 3.12. The number of ether oxygens (including phenoxy) is 1. The second-order valence-electron chi connectivity index (χ2n) is 8.02. The summed E-state index contributed by atoms with van der Waals surface area (Å²) in [4.78, 5) is 17.6. The minimum Gasteiger partial charge on any atom is -0.444 e. The average Bonchev–Trinajstić information content (AvgIpc) is 2.74. The molecule has 1 unspecified atom stereocenters. The van der Waals surface area contributed by atoms with E-state index < -0.39 is 0 Å². The van der Waals surface area contributed by atoms with Gasteiger partial charge < -0.3 is 4.74 Å². The molecule has 2 atom stereocenters. The lowest BCUT2D eigenvalue weighted by molar-refractivity contribution is -0.0462. The molecule has 2 bridgehead atoms. The van der Waals surface area contributed by atoms with Crippen LogP contribution in [-0.2, 0) is 11.2 Å². The molecule has 140 valence electrons. The molecule has 0 saturated carbocycles. The molecule has 1 amide bonds. The van der Waals surface area contributed by atoms with Crippen LogP contribution in [0, 0.1) is 5.92 Å². The van der Waals surface area contributed by atoms with Crippen molar-refractivity contribution in [2.24, 2.45) is 5.92 Å². The van der Waals surface area contributed by atoms with Crippen LogP contribution in [0.2, 0.25) is 0 Å². The topological polar surface area (TPSA) is 32.8 Å². The lowest BCUT2D eigenvalue weighted by atomic mass is 9.86. The van der Waals surface area contributed by atoms with Gasteiger partial charge in [0.05, 0.1) is 6.04 Å². The third-order valence-electron chi connectivity index (χ3n) is 6.48. The number of carbonyl (C=O) groups is 1. The van der Waals surface area contributed by atoms with Crippen molar-refractivity contribution in [1.82, 2.24) is 9.80 Å². The van der Waals surface area contributed by atoms with Gasteiger partial charge in [0.25, 0.3) is 0 Å². The molecule has 4 aliphatic heterocycles. The third-order valence-corrected chi connectivity index (χ3v) is 6.48. The minimum atomic E-state index is -0.155. The van der Waals surface area contributed by atoms with Crippen molar-refractivity contribution in [3.05, 3.63) is 71.3 Å². The van der Waals surface area contributed by atoms with Gasteiger partial charge in [-0.05, 0) is 55.0 Å². The van der Waals surface area contributed by atoms with E-state index in [0.717, 1.165) is 44.5 Å². The molecule has 0 aliphatic carbocycles. The molecule has 3 saturated heterocycles. The summed E-state index contributed by atoms with van der Waals surface area (Å²) in [6.45, 7) is 3.91. The first-order valence-corrected chi connectivity index (χ1v) is 10.1. The lowest BCUT2D eigenvalue weighted by Gasteiger charge is -2.45. The van der Waals surface area contributed by atoms with Crippen molar-refractivity contribution < 1.29 is 9.53 Å². The van der Waals surface area contributed by atoms with E-state index in [-0.39, 0.29) is 18.2 Å². The molecule has 4 heteroatoms. The molecule has 0 N–H and O–H groups in total. The van der Waals surface area contributed by atoms with E-state index >= 15 is 0 Å². The Labute approximate surface area is 160 Å². The summed E-state index contributed by atoms with van der Waals surface area (Å²) < 4.78 is 6.08. The number of hydrogen-bond donors (Lipinski definition) is 0. The predicted molar refractivity (Wildman–Crippen MR) is 105 cm³/mol. The molecule has 4 heterocycles. The summed E-state index contributed by atoms with van der Waals surface area (Å²) in [5.41, 5.74) is 3.70. The van der Waals surface area contributed by atoms with Gasteiger partial charge in [-0.1, -0.05) is 54.6 Å². The first kappa shape index (κ1) is 16.8. The number of rotatable bonds is 2. The summed E-state index contributed by atoms with van der Waals surface area (Å²) in [7, 11) is 0. The highest BCUT2D eigenvalue weighted by atomic mass is 16.6. The second-order valence-corrected chi connectivity index (χ2v) is 8.02. The first-order valence-electron chi connectivity index (χ1n) is 10.1. The largest absolute Gasteiger partial charge is 0.444 e. The van der Waals surface area contributed by atoms with E-state index in [2.05, 4.69) is 41.3 Å². The molecular weight excluding hydrogens is 336 g/mol. The molecule has 2 aromatic rings. The molecular formula is C23H26N2O2. The van der Waals surface area contributed by atoms with Crippen molar-refractivity contribution in [2.45, 2.75) is 31.4 Å². The van der Waals surface area contributed by atoms with E-state index in [1.165, 1.54) is 11.1 Å².